The maximum Gasteiger partial charge on any atom is 0.272 e. The van der Waals surface area contributed by atoms with Crippen LogP contribution in [-0.2, 0) is 0 Å². The first-order valence-electron chi connectivity index (χ1n) is 3.58. The third kappa shape index (κ3) is 2.21. The smallest absolute Gasteiger partial charge is 0.272 e. The van der Waals surface area contributed by atoms with Crippen molar-refractivity contribution < 1.29 is 9.72 Å². The number of ketones is 1. The second kappa shape index (κ2) is 4.22. The van der Waals surface area contributed by atoms with Crippen molar-refractivity contribution in [3.05, 3.63) is 36.4 Å². The summed E-state index contributed by atoms with van der Waals surface area (Å²) >= 11 is 7.59. The lowest BCUT2D eigenvalue weighted by Gasteiger charge is -2.02. The molecule has 0 amide bonds. The Kier molecular flexibility index (Phi) is 3.43. The molecule has 0 spiro atoms. The van der Waals surface area contributed by atoms with Gasteiger partial charge in [-0.05, 0) is 29.5 Å². The molecule has 4 nitrogen and oxygen atoms in total. The number of non-ortho nitro benzene ring substituents is 1. The standard InChI is InChI=1S/C8H5ClINO3/c1-4(12)8-6(9)2-5(11(13)14)3-7(8)10/h2-3H,1H3. The van der Waals surface area contributed by atoms with Crippen LogP contribution in [0.5, 0.6) is 0 Å². The van der Waals surface area contributed by atoms with E-state index in [1.807, 2.05) is 22.6 Å². The fraction of sp³-hybridized carbons (Fsp3) is 0.125. The highest BCUT2D eigenvalue weighted by molar-refractivity contribution is 14.1. The van der Waals surface area contributed by atoms with Crippen molar-refractivity contribution in [2.45, 2.75) is 6.92 Å². The van der Waals surface area contributed by atoms with Crippen LogP contribution in [0.25, 0.3) is 0 Å². The van der Waals surface area contributed by atoms with Gasteiger partial charge in [0.25, 0.3) is 5.69 Å². The minimum absolute atomic E-state index is 0.107. The van der Waals surface area contributed by atoms with Gasteiger partial charge in [-0.25, -0.2) is 0 Å². The molecule has 0 aliphatic carbocycles. The summed E-state index contributed by atoms with van der Waals surface area (Å²) in [6.45, 7) is 1.37. The fourth-order valence-corrected chi connectivity index (χ4v) is 2.50. The predicted octanol–water partition coefficient (Wildman–Crippen LogP) is 3.06. The molecule has 1 rings (SSSR count). The van der Waals surface area contributed by atoms with Crippen molar-refractivity contribution in [1.29, 1.82) is 0 Å². The Labute approximate surface area is 98.5 Å². The van der Waals surface area contributed by atoms with Gasteiger partial charge in [-0.2, -0.15) is 0 Å². The average molecular weight is 325 g/mol. The number of Topliss-reactive ketones (excluding diaryl/α,β-unsaturated/α-hetero) is 1. The predicted molar refractivity (Wildman–Crippen MR) is 60.8 cm³/mol. The first-order valence-corrected chi connectivity index (χ1v) is 5.03. The third-order valence-electron chi connectivity index (χ3n) is 1.59. The lowest BCUT2D eigenvalue weighted by Crippen LogP contribution is -1.99. The fourth-order valence-electron chi connectivity index (χ4n) is 1.00. The average Bonchev–Trinajstić information content (AvgIpc) is 2.01. The van der Waals surface area contributed by atoms with Crippen molar-refractivity contribution in [1.82, 2.24) is 0 Å². The Morgan fingerprint density at radius 1 is 1.57 bits per heavy atom. The lowest BCUT2D eigenvalue weighted by molar-refractivity contribution is -0.384. The Bertz CT molecular complexity index is 396. The van der Waals surface area contributed by atoms with Gasteiger partial charge in [0.05, 0.1) is 9.95 Å². The summed E-state index contributed by atoms with van der Waals surface area (Å²) in [5.41, 5.74) is 0.224. The van der Waals surface area contributed by atoms with E-state index in [0.717, 1.165) is 0 Å². The highest BCUT2D eigenvalue weighted by Crippen LogP contribution is 2.27. The number of hydrogen-bond acceptors (Lipinski definition) is 3. The molecular weight excluding hydrogens is 320 g/mol. The largest absolute Gasteiger partial charge is 0.294 e. The van der Waals surface area contributed by atoms with Gasteiger partial charge >= 0.3 is 0 Å². The van der Waals surface area contributed by atoms with Crippen LogP contribution in [-0.4, -0.2) is 10.7 Å². The number of halogens is 2. The van der Waals surface area contributed by atoms with Gasteiger partial charge in [0.15, 0.2) is 5.78 Å². The summed E-state index contributed by atoms with van der Waals surface area (Å²) in [6, 6.07) is 2.50. The maximum absolute atomic E-state index is 11.1. The van der Waals surface area contributed by atoms with Gasteiger partial charge in [0.1, 0.15) is 0 Å². The molecule has 0 aromatic heterocycles. The Hall–Kier alpha value is -0.690. The molecule has 0 aliphatic heterocycles. The molecule has 0 N–H and O–H groups in total. The maximum atomic E-state index is 11.1. The van der Waals surface area contributed by atoms with E-state index < -0.39 is 4.92 Å². The van der Waals surface area contributed by atoms with Crippen LogP contribution in [0.3, 0.4) is 0 Å². The zero-order valence-electron chi connectivity index (χ0n) is 7.08. The second-order valence-electron chi connectivity index (χ2n) is 2.60. The van der Waals surface area contributed by atoms with E-state index in [-0.39, 0.29) is 16.5 Å². The molecule has 74 valence electrons. The molecule has 1 aromatic rings. The van der Waals surface area contributed by atoms with Gasteiger partial charge in [0, 0.05) is 21.3 Å². The number of rotatable bonds is 2. The van der Waals surface area contributed by atoms with Crippen LogP contribution >= 0.6 is 34.2 Å². The summed E-state index contributed by atoms with van der Waals surface area (Å²) in [5, 5.41) is 10.6. The molecule has 0 saturated carbocycles. The first-order chi connectivity index (χ1) is 6.43. The number of carbonyl (C=O) groups is 1. The van der Waals surface area contributed by atoms with E-state index >= 15 is 0 Å². The van der Waals surface area contributed by atoms with Crippen LogP contribution in [0, 0.1) is 13.7 Å². The summed E-state index contributed by atoms with van der Waals surface area (Å²) in [6.07, 6.45) is 0. The highest BCUT2D eigenvalue weighted by Gasteiger charge is 2.16. The molecule has 0 bridgehead atoms. The van der Waals surface area contributed by atoms with Crippen LogP contribution < -0.4 is 0 Å². The molecule has 1 aromatic carbocycles. The zero-order valence-corrected chi connectivity index (χ0v) is 10.00. The first kappa shape index (κ1) is 11.4. The van der Waals surface area contributed by atoms with Gasteiger partial charge in [-0.3, -0.25) is 14.9 Å². The summed E-state index contributed by atoms with van der Waals surface area (Å²) in [7, 11) is 0. The highest BCUT2D eigenvalue weighted by atomic mass is 127. The number of nitro groups is 1. The van der Waals surface area contributed by atoms with Gasteiger partial charge in [-0.1, -0.05) is 11.6 Å². The minimum atomic E-state index is -0.544. The van der Waals surface area contributed by atoms with Crippen LogP contribution in [0.4, 0.5) is 5.69 Å². The number of nitro benzene ring substituents is 1. The van der Waals surface area contributed by atoms with Crippen LogP contribution in [0.2, 0.25) is 5.02 Å². The number of nitrogens with zero attached hydrogens (tertiary/aromatic N) is 1. The number of hydrogen-bond donors (Lipinski definition) is 0. The van der Waals surface area contributed by atoms with Crippen molar-refractivity contribution in [2.24, 2.45) is 0 Å². The minimum Gasteiger partial charge on any atom is -0.294 e. The summed E-state index contributed by atoms with van der Waals surface area (Å²) < 4.78 is 0.495. The van der Waals surface area contributed by atoms with Crippen molar-refractivity contribution in [3.8, 4) is 0 Å². The quantitative estimate of drug-likeness (QED) is 0.363. The van der Waals surface area contributed by atoms with Crippen molar-refractivity contribution >= 4 is 45.7 Å². The van der Waals surface area contributed by atoms with Gasteiger partial charge in [-0.15, -0.1) is 0 Å². The number of carbonyl (C=O) groups excluding carboxylic acids is 1. The van der Waals surface area contributed by atoms with E-state index in [1.165, 1.54) is 19.1 Å². The van der Waals surface area contributed by atoms with E-state index in [2.05, 4.69) is 0 Å². The van der Waals surface area contributed by atoms with Gasteiger partial charge < -0.3 is 0 Å². The molecule has 0 saturated heterocycles. The second-order valence-corrected chi connectivity index (χ2v) is 4.17. The monoisotopic (exact) mass is 325 g/mol. The van der Waals surface area contributed by atoms with Crippen molar-refractivity contribution in [3.63, 3.8) is 0 Å². The molecule has 0 aliphatic rings. The van der Waals surface area contributed by atoms with Crippen LogP contribution in [0.1, 0.15) is 17.3 Å². The molecular formula is C8H5ClINO3. The SMILES string of the molecule is CC(=O)c1c(Cl)cc([N+](=O)[O-])cc1I. The third-order valence-corrected chi connectivity index (χ3v) is 2.74. The molecule has 0 unspecified atom stereocenters. The van der Waals surface area contributed by atoms with E-state index in [1.54, 1.807) is 0 Å². The van der Waals surface area contributed by atoms with Gasteiger partial charge in [0.2, 0.25) is 0 Å². The molecule has 0 fully saturated rings. The summed E-state index contributed by atoms with van der Waals surface area (Å²) in [5.74, 6) is -0.200. The Morgan fingerprint density at radius 2 is 2.14 bits per heavy atom. The van der Waals surface area contributed by atoms with E-state index in [4.69, 9.17) is 11.6 Å². The molecule has 0 heterocycles. The topological polar surface area (TPSA) is 60.2 Å². The summed E-state index contributed by atoms with van der Waals surface area (Å²) in [4.78, 5) is 21.0. The number of benzene rings is 1. The van der Waals surface area contributed by atoms with Crippen LogP contribution in [0.15, 0.2) is 12.1 Å². The molecule has 0 atom stereocenters. The lowest BCUT2D eigenvalue weighted by atomic mass is 10.1. The van der Waals surface area contributed by atoms with E-state index in [0.29, 0.717) is 9.13 Å². The molecule has 14 heavy (non-hydrogen) atoms. The Balaban J connectivity index is 3.39. The van der Waals surface area contributed by atoms with E-state index in [9.17, 15) is 14.9 Å². The van der Waals surface area contributed by atoms with Crippen molar-refractivity contribution in [2.75, 3.05) is 0 Å². The molecule has 6 heteroatoms. The Morgan fingerprint density at radius 3 is 2.50 bits per heavy atom. The zero-order chi connectivity index (χ0) is 10.9. The molecule has 0 radical (unpaired) electrons. The normalized spacial score (nSPS) is 9.93.